The number of allylic oxidation sites excluding steroid dienone is 1. The molecule has 0 saturated carbocycles. The molecule has 0 radical (unpaired) electrons. The number of anilines is 2. The van der Waals surface area contributed by atoms with Gasteiger partial charge in [-0.2, -0.15) is 0 Å². The number of aromatic carboxylic acids is 1. The molecule has 176 valence electrons. The Labute approximate surface area is 190 Å². The number of benzene rings is 1. The van der Waals surface area contributed by atoms with Gasteiger partial charge in [0.1, 0.15) is 23.6 Å². The second kappa shape index (κ2) is 8.61. The van der Waals surface area contributed by atoms with Gasteiger partial charge in [0.05, 0.1) is 18.2 Å². The molecule has 1 unspecified atom stereocenters. The van der Waals surface area contributed by atoms with Crippen LogP contribution in [0.4, 0.5) is 20.3 Å². The lowest BCUT2D eigenvalue weighted by Gasteiger charge is -2.38. The van der Waals surface area contributed by atoms with Gasteiger partial charge >= 0.3 is 5.97 Å². The van der Waals surface area contributed by atoms with Crippen molar-refractivity contribution < 1.29 is 18.7 Å². The molecule has 3 heterocycles. The highest BCUT2D eigenvalue weighted by molar-refractivity contribution is 5.94. The smallest absolute Gasteiger partial charge is 0.337 e. The fourth-order valence-corrected chi connectivity index (χ4v) is 4.36. The number of nitrogens with one attached hydrogen (secondary N) is 1. The summed E-state index contributed by atoms with van der Waals surface area (Å²) < 4.78 is 29.4. The third kappa shape index (κ3) is 4.77. The highest BCUT2D eigenvalue weighted by atomic mass is 19.1. The number of rotatable bonds is 5. The zero-order chi connectivity index (χ0) is 23.9. The van der Waals surface area contributed by atoms with E-state index in [1.54, 1.807) is 6.92 Å². The van der Waals surface area contributed by atoms with Crippen molar-refractivity contribution in [2.24, 2.45) is 5.41 Å². The lowest BCUT2D eigenvalue weighted by molar-refractivity contribution is 0.0697. The van der Waals surface area contributed by atoms with Gasteiger partial charge in [-0.05, 0) is 49.5 Å². The molecule has 33 heavy (non-hydrogen) atoms. The minimum Gasteiger partial charge on any atom is -0.478 e. The lowest BCUT2D eigenvalue weighted by Crippen LogP contribution is -2.40. The second-order valence-electron chi connectivity index (χ2n) is 9.54. The van der Waals surface area contributed by atoms with E-state index >= 15 is 0 Å². The minimum atomic E-state index is -1.38. The molecule has 7 nitrogen and oxygen atoms in total. The Kier molecular flexibility index (Phi) is 5.99. The van der Waals surface area contributed by atoms with E-state index in [2.05, 4.69) is 24.1 Å². The summed E-state index contributed by atoms with van der Waals surface area (Å²) >= 11 is 0. The number of nitrogens with zero attached hydrogens (tertiary/aromatic N) is 3. The summed E-state index contributed by atoms with van der Waals surface area (Å²) in [5.74, 6) is -1.03. The largest absolute Gasteiger partial charge is 0.478 e. The van der Waals surface area contributed by atoms with Crippen molar-refractivity contribution in [2.45, 2.75) is 52.4 Å². The number of alkyl halides is 1. The van der Waals surface area contributed by atoms with Crippen LogP contribution in [0, 0.1) is 11.2 Å². The number of piperidine rings is 1. The highest BCUT2D eigenvalue weighted by Gasteiger charge is 2.30. The van der Waals surface area contributed by atoms with Crippen LogP contribution < -0.4 is 15.8 Å². The third-order valence-electron chi connectivity index (χ3n) is 6.46. The van der Waals surface area contributed by atoms with E-state index in [4.69, 9.17) is 4.98 Å². The molecule has 1 saturated heterocycles. The minimum absolute atomic E-state index is 0.123. The predicted octanol–water partition coefficient (Wildman–Crippen LogP) is 3.94. The Balaban J connectivity index is 1.68. The van der Waals surface area contributed by atoms with Gasteiger partial charge in [-0.15, -0.1) is 0 Å². The molecule has 1 aromatic carbocycles. The van der Waals surface area contributed by atoms with Crippen LogP contribution in [0.2, 0.25) is 0 Å². The Morgan fingerprint density at radius 1 is 1.27 bits per heavy atom. The summed E-state index contributed by atoms with van der Waals surface area (Å²) in [5, 5.41) is 12.5. The molecule has 0 spiro atoms. The first-order valence-electron chi connectivity index (χ1n) is 11.1. The van der Waals surface area contributed by atoms with Crippen molar-refractivity contribution in [1.29, 1.82) is 0 Å². The van der Waals surface area contributed by atoms with Crippen molar-refractivity contribution in [3.63, 3.8) is 0 Å². The van der Waals surface area contributed by atoms with E-state index in [-0.39, 0.29) is 28.8 Å². The van der Waals surface area contributed by atoms with E-state index in [1.807, 2.05) is 0 Å². The molecule has 1 aromatic heterocycles. The molecule has 9 heteroatoms. The van der Waals surface area contributed by atoms with Crippen molar-refractivity contribution in [2.75, 3.05) is 23.3 Å². The first-order valence-corrected chi connectivity index (χ1v) is 11.1. The van der Waals surface area contributed by atoms with Crippen LogP contribution >= 0.6 is 0 Å². The number of hydrogen-bond donors (Lipinski definition) is 2. The Morgan fingerprint density at radius 3 is 2.64 bits per heavy atom. The van der Waals surface area contributed by atoms with Gasteiger partial charge in [-0.25, -0.2) is 18.6 Å². The first-order chi connectivity index (χ1) is 15.5. The first kappa shape index (κ1) is 22.9. The van der Waals surface area contributed by atoms with E-state index in [1.165, 1.54) is 22.8 Å². The normalized spacial score (nSPS) is 20.6. The topological polar surface area (TPSA) is 87.5 Å². The Morgan fingerprint density at radius 2 is 1.97 bits per heavy atom. The molecular formula is C24H28F2N4O3. The summed E-state index contributed by atoms with van der Waals surface area (Å²) in [7, 11) is 0. The second-order valence-corrected chi connectivity index (χ2v) is 9.54. The number of aromatic nitrogens is 2. The highest BCUT2D eigenvalue weighted by Crippen LogP contribution is 2.33. The molecular weight excluding hydrogens is 430 g/mol. The van der Waals surface area contributed by atoms with Crippen molar-refractivity contribution in [1.82, 2.24) is 9.55 Å². The molecule has 2 aromatic rings. The van der Waals surface area contributed by atoms with Crippen LogP contribution in [0.25, 0.3) is 5.57 Å². The van der Waals surface area contributed by atoms with E-state index in [9.17, 15) is 23.5 Å². The van der Waals surface area contributed by atoms with Gasteiger partial charge in [-0.3, -0.25) is 9.36 Å². The van der Waals surface area contributed by atoms with Crippen LogP contribution in [0.5, 0.6) is 0 Å². The van der Waals surface area contributed by atoms with E-state index in [0.717, 1.165) is 38.1 Å². The van der Waals surface area contributed by atoms with Gasteiger partial charge in [0.15, 0.2) is 0 Å². The summed E-state index contributed by atoms with van der Waals surface area (Å²) in [6.07, 6.45) is 1.98. The fraction of sp³-hybridized carbons (Fsp3) is 0.458. The summed E-state index contributed by atoms with van der Waals surface area (Å²) in [5.41, 5.74) is 0.326. The fourth-order valence-electron chi connectivity index (χ4n) is 4.36. The maximum Gasteiger partial charge on any atom is 0.337 e. The van der Waals surface area contributed by atoms with Crippen molar-refractivity contribution in [3.05, 3.63) is 57.9 Å². The summed E-state index contributed by atoms with van der Waals surface area (Å²) in [6, 6.07) is 4.29. The average Bonchev–Trinajstić information content (AvgIpc) is 2.74. The van der Waals surface area contributed by atoms with Gasteiger partial charge in [-0.1, -0.05) is 13.8 Å². The SMILES string of the molecule is C[C@@H](Nc1ccc(F)cc1C(=O)O)C1=CC(F)Cn2c1nc(N1CCC(C)(C)CC1)cc2=O. The number of fused-ring (bicyclic) bond motifs is 1. The van der Waals surface area contributed by atoms with Crippen LogP contribution in [0.1, 0.15) is 49.8 Å². The Bertz CT molecular complexity index is 1160. The van der Waals surface area contributed by atoms with Crippen LogP contribution in [0.3, 0.4) is 0 Å². The number of halogens is 2. The molecule has 2 aliphatic rings. The molecule has 1 fully saturated rings. The Hall–Kier alpha value is -3.23. The number of carbonyl (C=O) groups is 1. The van der Waals surface area contributed by atoms with Crippen molar-refractivity contribution >= 4 is 23.0 Å². The van der Waals surface area contributed by atoms with Crippen LogP contribution in [0.15, 0.2) is 35.1 Å². The van der Waals surface area contributed by atoms with E-state index in [0.29, 0.717) is 17.2 Å². The molecule has 2 N–H and O–H groups in total. The quantitative estimate of drug-likeness (QED) is 0.706. The molecule has 4 rings (SSSR count). The van der Waals surface area contributed by atoms with E-state index < -0.39 is 24.0 Å². The van der Waals surface area contributed by atoms with Crippen molar-refractivity contribution in [3.8, 4) is 0 Å². The molecule has 0 amide bonds. The number of hydrogen-bond acceptors (Lipinski definition) is 5. The average molecular weight is 459 g/mol. The molecule has 0 bridgehead atoms. The summed E-state index contributed by atoms with van der Waals surface area (Å²) in [6.45, 7) is 7.59. The third-order valence-corrected chi connectivity index (χ3v) is 6.46. The van der Waals surface area contributed by atoms with Crippen LogP contribution in [-0.2, 0) is 6.54 Å². The van der Waals surface area contributed by atoms with Gasteiger partial charge < -0.3 is 15.3 Å². The molecule has 2 atom stereocenters. The maximum absolute atomic E-state index is 14.5. The zero-order valence-electron chi connectivity index (χ0n) is 18.9. The monoisotopic (exact) mass is 458 g/mol. The van der Waals surface area contributed by atoms with Crippen LogP contribution in [-0.4, -0.2) is 45.9 Å². The summed E-state index contributed by atoms with van der Waals surface area (Å²) in [4.78, 5) is 31.2. The molecule has 2 aliphatic heterocycles. The lowest BCUT2D eigenvalue weighted by atomic mass is 9.83. The zero-order valence-corrected chi connectivity index (χ0v) is 18.9. The van der Waals surface area contributed by atoms with Gasteiger partial charge in [0.2, 0.25) is 0 Å². The number of carboxylic acids is 1. The maximum atomic E-state index is 14.5. The van der Waals surface area contributed by atoms with Gasteiger partial charge in [0, 0.05) is 30.4 Å². The van der Waals surface area contributed by atoms with Gasteiger partial charge in [0.25, 0.3) is 5.56 Å². The number of carboxylic acid groups (broad SMARTS) is 1. The predicted molar refractivity (Wildman–Crippen MR) is 123 cm³/mol. The standard InChI is InChI=1S/C24H28F2N4O3/c1-14(27-19-5-4-15(25)10-18(19)23(32)33)17-11-16(26)13-30-21(31)12-20(28-22(17)30)29-8-6-24(2,3)7-9-29/h4-5,10-12,14,16,27H,6-9,13H2,1-3H3,(H,32,33)/t14-,16?/m1/s1. The molecule has 0 aliphatic carbocycles.